The molecular formula is C14H19F2N3S. The summed E-state index contributed by atoms with van der Waals surface area (Å²) in [6, 6.07) is 4.39. The second-order valence-electron chi connectivity index (χ2n) is 5.10. The second kappa shape index (κ2) is 6.56. The van der Waals surface area contributed by atoms with Crippen LogP contribution in [0.2, 0.25) is 0 Å². The summed E-state index contributed by atoms with van der Waals surface area (Å²) in [5.41, 5.74) is 6.05. The van der Waals surface area contributed by atoms with Gasteiger partial charge in [0.25, 0.3) is 0 Å². The summed E-state index contributed by atoms with van der Waals surface area (Å²) in [6.07, 6.45) is 0. The molecule has 20 heavy (non-hydrogen) atoms. The fourth-order valence-electron chi connectivity index (χ4n) is 2.40. The van der Waals surface area contributed by atoms with Crippen molar-refractivity contribution in [1.29, 1.82) is 0 Å². The van der Waals surface area contributed by atoms with Gasteiger partial charge in [0.2, 0.25) is 0 Å². The lowest BCUT2D eigenvalue weighted by Gasteiger charge is -2.37. The molecular weight excluding hydrogens is 280 g/mol. The first-order chi connectivity index (χ1) is 9.49. The van der Waals surface area contributed by atoms with Crippen LogP contribution in [0.25, 0.3) is 0 Å². The van der Waals surface area contributed by atoms with Crippen LogP contribution in [0.15, 0.2) is 18.2 Å². The number of nitrogens with zero attached hydrogens (tertiary/aromatic N) is 2. The van der Waals surface area contributed by atoms with Crippen LogP contribution in [0.3, 0.4) is 0 Å². The normalized spacial score (nSPS) is 18.9. The van der Waals surface area contributed by atoms with Crippen LogP contribution >= 0.6 is 12.2 Å². The predicted molar refractivity (Wildman–Crippen MR) is 79.5 cm³/mol. The van der Waals surface area contributed by atoms with Crippen LogP contribution < -0.4 is 5.73 Å². The molecule has 0 aromatic heterocycles. The number of thiocarbonyl (C=S) groups is 1. The molecule has 6 heteroatoms. The number of halogens is 2. The maximum absolute atomic E-state index is 13.6. The highest BCUT2D eigenvalue weighted by atomic mass is 32.1. The summed E-state index contributed by atoms with van der Waals surface area (Å²) in [4.78, 5) is 4.82. The van der Waals surface area contributed by atoms with Crippen LogP contribution in [0.1, 0.15) is 12.5 Å². The largest absolute Gasteiger partial charge is 0.392 e. The van der Waals surface area contributed by atoms with Crippen molar-refractivity contribution in [1.82, 2.24) is 9.80 Å². The predicted octanol–water partition coefficient (Wildman–Crippen LogP) is 1.76. The van der Waals surface area contributed by atoms with Gasteiger partial charge in [-0.1, -0.05) is 24.4 Å². The zero-order valence-corrected chi connectivity index (χ0v) is 12.3. The number of hydrogen-bond acceptors (Lipinski definition) is 3. The van der Waals surface area contributed by atoms with Gasteiger partial charge in [0.15, 0.2) is 11.6 Å². The molecule has 1 atom stereocenters. The average molecular weight is 299 g/mol. The number of benzene rings is 1. The standard InChI is InChI=1S/C14H19F2N3S/c1-10(14(17)20)19-7-5-18(6-8-19)9-11-3-2-4-12(15)13(11)16/h2-4,10H,5-9H2,1H3,(H2,17,20). The maximum Gasteiger partial charge on any atom is 0.163 e. The van der Waals surface area contributed by atoms with E-state index in [0.717, 1.165) is 32.2 Å². The lowest BCUT2D eigenvalue weighted by atomic mass is 10.1. The Morgan fingerprint density at radius 2 is 1.95 bits per heavy atom. The van der Waals surface area contributed by atoms with Gasteiger partial charge in [-0.15, -0.1) is 0 Å². The van der Waals surface area contributed by atoms with E-state index in [-0.39, 0.29) is 6.04 Å². The summed E-state index contributed by atoms with van der Waals surface area (Å²) < 4.78 is 26.8. The quantitative estimate of drug-likeness (QED) is 0.859. The molecule has 0 radical (unpaired) electrons. The molecule has 0 spiro atoms. The van der Waals surface area contributed by atoms with Crippen molar-refractivity contribution in [3.8, 4) is 0 Å². The van der Waals surface area contributed by atoms with Gasteiger partial charge in [-0.2, -0.15) is 0 Å². The van der Waals surface area contributed by atoms with E-state index in [1.165, 1.54) is 0 Å². The minimum Gasteiger partial charge on any atom is -0.392 e. The first kappa shape index (κ1) is 15.3. The minimum atomic E-state index is -0.789. The molecule has 1 fully saturated rings. The van der Waals surface area contributed by atoms with Gasteiger partial charge in [0.05, 0.1) is 11.0 Å². The van der Waals surface area contributed by atoms with Gasteiger partial charge < -0.3 is 5.73 Å². The monoisotopic (exact) mass is 299 g/mol. The first-order valence-electron chi connectivity index (χ1n) is 6.67. The number of rotatable bonds is 4. The van der Waals surface area contributed by atoms with Gasteiger partial charge in [-0.25, -0.2) is 8.78 Å². The Bertz CT molecular complexity index is 487. The van der Waals surface area contributed by atoms with Crippen molar-refractivity contribution < 1.29 is 8.78 Å². The van der Waals surface area contributed by atoms with Gasteiger partial charge in [0, 0.05) is 38.3 Å². The molecule has 0 bridgehead atoms. The minimum absolute atomic E-state index is 0.0815. The van der Waals surface area contributed by atoms with E-state index in [4.69, 9.17) is 18.0 Å². The van der Waals surface area contributed by atoms with Crippen molar-refractivity contribution in [2.75, 3.05) is 26.2 Å². The topological polar surface area (TPSA) is 32.5 Å². The molecule has 0 saturated carbocycles. The number of nitrogens with two attached hydrogens (primary N) is 1. The van der Waals surface area contributed by atoms with Crippen LogP contribution in [0.5, 0.6) is 0 Å². The summed E-state index contributed by atoms with van der Waals surface area (Å²) in [6.45, 7) is 5.67. The zero-order chi connectivity index (χ0) is 14.7. The van der Waals surface area contributed by atoms with Crippen molar-refractivity contribution in [2.24, 2.45) is 5.73 Å². The van der Waals surface area contributed by atoms with E-state index in [2.05, 4.69) is 9.80 Å². The van der Waals surface area contributed by atoms with E-state index in [1.54, 1.807) is 12.1 Å². The van der Waals surface area contributed by atoms with E-state index in [1.807, 2.05) is 6.92 Å². The molecule has 2 rings (SSSR count). The van der Waals surface area contributed by atoms with Crippen LogP contribution in [0.4, 0.5) is 8.78 Å². The molecule has 0 amide bonds. The van der Waals surface area contributed by atoms with Crippen molar-refractivity contribution in [2.45, 2.75) is 19.5 Å². The maximum atomic E-state index is 13.6. The Kier molecular flexibility index (Phi) is 5.01. The van der Waals surface area contributed by atoms with Crippen molar-refractivity contribution >= 4 is 17.2 Å². The Balaban J connectivity index is 1.92. The Morgan fingerprint density at radius 3 is 2.55 bits per heavy atom. The fraction of sp³-hybridized carbons (Fsp3) is 0.500. The lowest BCUT2D eigenvalue weighted by Crippen LogP contribution is -2.52. The van der Waals surface area contributed by atoms with E-state index < -0.39 is 11.6 Å². The molecule has 1 heterocycles. The third-order valence-electron chi connectivity index (χ3n) is 3.79. The van der Waals surface area contributed by atoms with Gasteiger partial charge >= 0.3 is 0 Å². The first-order valence-corrected chi connectivity index (χ1v) is 7.08. The van der Waals surface area contributed by atoms with Crippen molar-refractivity contribution in [3.05, 3.63) is 35.4 Å². The Morgan fingerprint density at radius 1 is 1.30 bits per heavy atom. The van der Waals surface area contributed by atoms with E-state index in [0.29, 0.717) is 17.1 Å². The average Bonchev–Trinajstić information content (AvgIpc) is 2.44. The Hall–Kier alpha value is -1.11. The van der Waals surface area contributed by atoms with Gasteiger partial charge in [0.1, 0.15) is 0 Å². The smallest absolute Gasteiger partial charge is 0.163 e. The molecule has 1 aromatic rings. The fourth-order valence-corrected chi connectivity index (χ4v) is 2.55. The molecule has 1 aliphatic heterocycles. The summed E-state index contributed by atoms with van der Waals surface area (Å²) in [7, 11) is 0. The molecule has 2 N–H and O–H groups in total. The molecule has 3 nitrogen and oxygen atoms in total. The molecule has 0 aliphatic carbocycles. The molecule has 1 unspecified atom stereocenters. The SMILES string of the molecule is CC(C(N)=S)N1CCN(Cc2cccc(F)c2F)CC1. The molecule has 1 aliphatic rings. The second-order valence-corrected chi connectivity index (χ2v) is 5.57. The molecule has 1 aromatic carbocycles. The summed E-state index contributed by atoms with van der Waals surface area (Å²) in [5, 5.41) is 0. The van der Waals surface area contributed by atoms with E-state index in [9.17, 15) is 8.78 Å². The zero-order valence-electron chi connectivity index (χ0n) is 11.5. The highest BCUT2D eigenvalue weighted by molar-refractivity contribution is 7.80. The summed E-state index contributed by atoms with van der Waals surface area (Å²) >= 11 is 5.00. The van der Waals surface area contributed by atoms with Gasteiger partial charge in [-0.3, -0.25) is 9.80 Å². The molecule has 1 saturated heterocycles. The highest BCUT2D eigenvalue weighted by Crippen LogP contribution is 2.15. The number of piperazine rings is 1. The Labute approximate surface area is 123 Å². The van der Waals surface area contributed by atoms with Crippen LogP contribution in [0, 0.1) is 11.6 Å². The third-order valence-corrected chi connectivity index (χ3v) is 4.13. The van der Waals surface area contributed by atoms with Gasteiger partial charge in [-0.05, 0) is 13.0 Å². The third kappa shape index (κ3) is 3.50. The summed E-state index contributed by atoms with van der Waals surface area (Å²) in [5.74, 6) is -1.53. The number of hydrogen-bond donors (Lipinski definition) is 1. The van der Waals surface area contributed by atoms with Crippen molar-refractivity contribution in [3.63, 3.8) is 0 Å². The van der Waals surface area contributed by atoms with Crippen LogP contribution in [-0.4, -0.2) is 47.0 Å². The highest BCUT2D eigenvalue weighted by Gasteiger charge is 2.23. The molecule has 110 valence electrons. The van der Waals surface area contributed by atoms with E-state index >= 15 is 0 Å². The lowest BCUT2D eigenvalue weighted by molar-refractivity contribution is 0.117. The van der Waals surface area contributed by atoms with Crippen LogP contribution in [-0.2, 0) is 6.54 Å².